The minimum atomic E-state index is -3.65. The Morgan fingerprint density at radius 3 is 2.87 bits per heavy atom. The van der Waals surface area contributed by atoms with Crippen LogP contribution in [-0.2, 0) is 17.9 Å². The number of carbonyl (C=O) groups is 1. The molecule has 30 heavy (non-hydrogen) atoms. The summed E-state index contributed by atoms with van der Waals surface area (Å²) in [4.78, 5) is 24.3. The van der Waals surface area contributed by atoms with Crippen LogP contribution >= 0.6 is 0 Å². The van der Waals surface area contributed by atoms with Crippen molar-refractivity contribution in [3.8, 4) is 6.01 Å². The number of aromatic nitrogens is 2. The smallest absolute Gasteiger partial charge is 0.320 e. The van der Waals surface area contributed by atoms with Crippen molar-refractivity contribution in [1.29, 1.82) is 0 Å². The number of anilines is 3. The maximum Gasteiger partial charge on any atom is 0.320 e. The average Bonchev–Trinajstić information content (AvgIpc) is 3.32. The van der Waals surface area contributed by atoms with Crippen LogP contribution in [0.25, 0.3) is 0 Å². The van der Waals surface area contributed by atoms with E-state index in [-0.39, 0.29) is 36.3 Å². The molecule has 0 radical (unpaired) electrons. The molecule has 4 rings (SSSR count). The highest BCUT2D eigenvalue weighted by Crippen LogP contribution is 2.34. The summed E-state index contributed by atoms with van der Waals surface area (Å²) >= 11 is 0. The van der Waals surface area contributed by atoms with Crippen LogP contribution in [0.1, 0.15) is 55.9 Å². The summed E-state index contributed by atoms with van der Waals surface area (Å²) in [7, 11) is 0. The first-order valence-electron chi connectivity index (χ1n) is 14.2. The number of amides is 1. The Bertz CT molecular complexity index is 1230. The van der Waals surface area contributed by atoms with Crippen molar-refractivity contribution in [2.24, 2.45) is 0 Å². The van der Waals surface area contributed by atoms with Gasteiger partial charge in [0.15, 0.2) is 11.6 Å². The van der Waals surface area contributed by atoms with Crippen LogP contribution < -0.4 is 20.7 Å². The molecule has 2 aliphatic rings. The highest BCUT2D eigenvalue weighted by atomic mass is 16.5. The molecule has 1 fully saturated rings. The number of hydrogen-bond donors (Lipinski definition) is 2. The highest BCUT2D eigenvalue weighted by molar-refractivity contribution is 6.03. The van der Waals surface area contributed by atoms with E-state index >= 15 is 0 Å². The van der Waals surface area contributed by atoms with Crippen molar-refractivity contribution >= 4 is 23.2 Å². The Balaban J connectivity index is 1.62. The van der Waals surface area contributed by atoms with Gasteiger partial charge < -0.3 is 20.7 Å². The molecule has 0 atom stereocenters. The largest absolute Gasteiger partial charge is 0.463 e. The van der Waals surface area contributed by atoms with E-state index < -0.39 is 32.2 Å². The fourth-order valence-corrected chi connectivity index (χ4v) is 3.74. The zero-order valence-corrected chi connectivity index (χ0v) is 16.4. The van der Waals surface area contributed by atoms with Crippen molar-refractivity contribution in [1.82, 2.24) is 14.9 Å². The molecule has 1 aromatic carbocycles. The van der Waals surface area contributed by atoms with Gasteiger partial charge in [-0.1, -0.05) is 37.5 Å². The topological polar surface area (TPSA) is 96.6 Å². The summed E-state index contributed by atoms with van der Waals surface area (Å²) in [5.74, 6) is -0.569. The summed E-state index contributed by atoms with van der Waals surface area (Å²) in [6.07, 6.45) is -4.93. The van der Waals surface area contributed by atoms with E-state index in [0.717, 1.165) is 30.8 Å². The Hall–Kier alpha value is -2.87. The lowest BCUT2D eigenvalue weighted by Gasteiger charge is -2.30. The molecule has 0 bridgehead atoms. The molecular formula is C22H30N6O2. The van der Waals surface area contributed by atoms with Crippen molar-refractivity contribution < 1.29 is 21.9 Å². The Morgan fingerprint density at radius 2 is 2.07 bits per heavy atom. The predicted octanol–water partition coefficient (Wildman–Crippen LogP) is 2.79. The second-order valence-corrected chi connectivity index (χ2v) is 7.25. The molecule has 0 unspecified atom stereocenters. The first-order valence-corrected chi connectivity index (χ1v) is 9.73. The summed E-state index contributed by atoms with van der Waals surface area (Å²) in [5, 5.41) is 2.57. The molecule has 0 aliphatic carbocycles. The van der Waals surface area contributed by atoms with Gasteiger partial charge in [-0.3, -0.25) is 9.69 Å². The quantitative estimate of drug-likeness (QED) is 0.679. The minimum Gasteiger partial charge on any atom is -0.463 e. The second kappa shape index (κ2) is 9.30. The molecule has 1 aromatic heterocycles. The number of nitrogens with zero attached hydrogens (tertiary/aromatic N) is 4. The van der Waals surface area contributed by atoms with Crippen molar-refractivity contribution in [2.45, 2.75) is 45.5 Å². The van der Waals surface area contributed by atoms with Crippen molar-refractivity contribution in [3.63, 3.8) is 0 Å². The van der Waals surface area contributed by atoms with E-state index in [2.05, 4.69) is 20.2 Å². The van der Waals surface area contributed by atoms with E-state index in [0.29, 0.717) is 0 Å². The fourth-order valence-electron chi connectivity index (χ4n) is 3.74. The van der Waals surface area contributed by atoms with Gasteiger partial charge in [-0.2, -0.15) is 9.97 Å². The summed E-state index contributed by atoms with van der Waals surface area (Å²) < 4.78 is 74.6. The third-order valence-corrected chi connectivity index (χ3v) is 5.02. The van der Waals surface area contributed by atoms with Gasteiger partial charge in [-0.15, -0.1) is 0 Å². The Morgan fingerprint density at radius 1 is 1.27 bits per heavy atom. The molecule has 1 saturated heterocycles. The standard InChI is InChI=1S/C22H30N6O2/c1-2-3-11-30-22-25-20(23)19-21(26-22)28(15-18(29)24-19)14-17-8-6-7-16(12-17)13-27-9-4-5-10-27/h6-8,12H,2-5,9-11,13-15H2,1H3,(H,24,29)(H2,23,25,26)/i1D3,2D2,3D2,11D2. The van der Waals surface area contributed by atoms with Gasteiger partial charge in [0, 0.05) is 22.7 Å². The van der Waals surface area contributed by atoms with E-state index in [1.54, 1.807) is 4.90 Å². The van der Waals surface area contributed by atoms with Crippen LogP contribution in [-0.4, -0.2) is 47.0 Å². The predicted molar refractivity (Wildman–Crippen MR) is 117 cm³/mol. The lowest BCUT2D eigenvalue weighted by Crippen LogP contribution is -2.39. The fraction of sp³-hybridized carbons (Fsp3) is 0.500. The average molecular weight is 420 g/mol. The molecule has 3 N–H and O–H groups in total. The van der Waals surface area contributed by atoms with Gasteiger partial charge in [0.1, 0.15) is 5.69 Å². The normalized spacial score (nSPS) is 22.7. The third kappa shape index (κ3) is 4.81. The number of nitrogens with one attached hydrogen (secondary N) is 1. The van der Waals surface area contributed by atoms with E-state index in [4.69, 9.17) is 22.8 Å². The maximum absolute atomic E-state index is 12.4. The van der Waals surface area contributed by atoms with Gasteiger partial charge in [-0.25, -0.2) is 0 Å². The number of hydrogen-bond acceptors (Lipinski definition) is 7. The third-order valence-electron chi connectivity index (χ3n) is 5.02. The Kier molecular flexibility index (Phi) is 3.75. The molecule has 3 heterocycles. The van der Waals surface area contributed by atoms with Gasteiger partial charge in [-0.05, 0) is 43.4 Å². The van der Waals surface area contributed by atoms with Crippen LogP contribution in [0.15, 0.2) is 24.3 Å². The van der Waals surface area contributed by atoms with Gasteiger partial charge in [0.25, 0.3) is 0 Å². The first kappa shape index (κ1) is 12.1. The first-order chi connectivity index (χ1) is 18.0. The monoisotopic (exact) mass is 419 g/mol. The van der Waals surface area contributed by atoms with E-state index in [1.807, 2.05) is 24.3 Å². The molecule has 2 aromatic rings. The second-order valence-electron chi connectivity index (χ2n) is 7.25. The molecule has 0 saturated carbocycles. The summed E-state index contributed by atoms with van der Waals surface area (Å²) in [5.41, 5.74) is 8.05. The number of rotatable bonds is 8. The lowest BCUT2D eigenvalue weighted by molar-refractivity contribution is -0.115. The lowest BCUT2D eigenvalue weighted by atomic mass is 10.1. The van der Waals surface area contributed by atoms with Crippen LogP contribution in [0.2, 0.25) is 0 Å². The molecule has 8 nitrogen and oxygen atoms in total. The van der Waals surface area contributed by atoms with Gasteiger partial charge in [0.2, 0.25) is 5.91 Å². The molecular weight excluding hydrogens is 380 g/mol. The van der Waals surface area contributed by atoms with Crippen LogP contribution in [0, 0.1) is 0 Å². The van der Waals surface area contributed by atoms with Gasteiger partial charge >= 0.3 is 6.01 Å². The Labute approximate surface area is 190 Å². The summed E-state index contributed by atoms with van der Waals surface area (Å²) in [6.45, 7) is -4.00. The summed E-state index contributed by atoms with van der Waals surface area (Å²) in [6, 6.07) is 7.12. The maximum atomic E-state index is 12.4. The number of ether oxygens (including phenoxy) is 1. The number of benzene rings is 1. The van der Waals surface area contributed by atoms with Crippen molar-refractivity contribution in [3.05, 3.63) is 35.4 Å². The number of nitrogen functional groups attached to an aromatic ring is 1. The van der Waals surface area contributed by atoms with Gasteiger partial charge in [0.05, 0.1) is 15.8 Å². The van der Waals surface area contributed by atoms with E-state index in [1.165, 1.54) is 12.8 Å². The highest BCUT2D eigenvalue weighted by Gasteiger charge is 2.27. The van der Waals surface area contributed by atoms with Crippen LogP contribution in [0.5, 0.6) is 6.01 Å². The SMILES string of the molecule is [2H]C([2H])([2H])C([2H])([2H])C([2H])([2H])C([2H])([2H])Oc1nc(N)c2c(n1)N(Cc1cccc(CN3CCCC3)c1)CC(=O)N2. The number of carbonyl (C=O) groups excluding carboxylic acids is 1. The number of nitrogens with two attached hydrogens (primary N) is 1. The number of likely N-dealkylation sites (tertiary alicyclic amines) is 1. The molecule has 8 heteroatoms. The van der Waals surface area contributed by atoms with Crippen molar-refractivity contribution in [2.75, 3.05) is 42.1 Å². The molecule has 1 amide bonds. The minimum absolute atomic E-state index is 0.0632. The zero-order valence-electron chi connectivity index (χ0n) is 25.4. The zero-order chi connectivity index (χ0) is 28.8. The molecule has 0 spiro atoms. The van der Waals surface area contributed by atoms with Crippen LogP contribution in [0.4, 0.5) is 17.3 Å². The molecule has 160 valence electrons. The number of fused-ring (bicyclic) bond motifs is 1. The molecule has 2 aliphatic heterocycles. The van der Waals surface area contributed by atoms with Crippen LogP contribution in [0.3, 0.4) is 0 Å². The van der Waals surface area contributed by atoms with E-state index in [9.17, 15) is 4.79 Å².